The second kappa shape index (κ2) is 4.61. The number of anilines is 1. The Hall–Kier alpha value is -1.82. The standard InChI is InChI=1S/C9H8N4OS/c14-15(8-4-1-2-5-10-8)13-9-11-6-3-7-12-9/h1-7H,(H,11,12,13). The van der Waals surface area contributed by atoms with Crippen molar-refractivity contribution in [1.29, 1.82) is 0 Å². The molecule has 76 valence electrons. The monoisotopic (exact) mass is 220 g/mol. The van der Waals surface area contributed by atoms with Crippen LogP contribution in [0.1, 0.15) is 0 Å². The Morgan fingerprint density at radius 1 is 1.00 bits per heavy atom. The van der Waals surface area contributed by atoms with E-state index in [4.69, 9.17) is 0 Å². The van der Waals surface area contributed by atoms with Gasteiger partial charge in [0.15, 0.2) is 11.0 Å². The normalized spacial score (nSPS) is 12.0. The van der Waals surface area contributed by atoms with E-state index in [1.165, 1.54) is 0 Å². The molecule has 0 aromatic carbocycles. The van der Waals surface area contributed by atoms with Gasteiger partial charge in [0.1, 0.15) is 5.03 Å². The average Bonchev–Trinajstić information content (AvgIpc) is 2.31. The summed E-state index contributed by atoms with van der Waals surface area (Å²) >= 11 is 0. The molecule has 0 radical (unpaired) electrons. The zero-order valence-electron chi connectivity index (χ0n) is 7.70. The van der Waals surface area contributed by atoms with Gasteiger partial charge in [-0.25, -0.2) is 19.2 Å². The van der Waals surface area contributed by atoms with E-state index in [1.807, 2.05) is 0 Å². The van der Waals surface area contributed by atoms with Crippen molar-refractivity contribution >= 4 is 16.9 Å². The molecule has 0 bridgehead atoms. The summed E-state index contributed by atoms with van der Waals surface area (Å²) in [6.07, 6.45) is 4.73. The van der Waals surface area contributed by atoms with Gasteiger partial charge < -0.3 is 0 Å². The van der Waals surface area contributed by atoms with Gasteiger partial charge in [-0.1, -0.05) is 6.07 Å². The number of hydrogen-bond acceptors (Lipinski definition) is 4. The van der Waals surface area contributed by atoms with E-state index in [-0.39, 0.29) is 0 Å². The maximum Gasteiger partial charge on any atom is 0.234 e. The molecule has 1 unspecified atom stereocenters. The lowest BCUT2D eigenvalue weighted by Crippen LogP contribution is -2.08. The molecule has 2 aromatic heterocycles. The maximum absolute atomic E-state index is 11.7. The Kier molecular flexibility index (Phi) is 2.99. The molecule has 0 aliphatic carbocycles. The van der Waals surface area contributed by atoms with Crippen LogP contribution in [-0.4, -0.2) is 19.2 Å². The van der Waals surface area contributed by atoms with Crippen LogP contribution in [0.3, 0.4) is 0 Å². The van der Waals surface area contributed by atoms with Crippen molar-refractivity contribution in [2.45, 2.75) is 5.03 Å². The van der Waals surface area contributed by atoms with E-state index in [9.17, 15) is 4.21 Å². The van der Waals surface area contributed by atoms with Gasteiger partial charge in [0.05, 0.1) is 0 Å². The lowest BCUT2D eigenvalue weighted by Gasteiger charge is -2.01. The molecule has 0 amide bonds. The quantitative estimate of drug-likeness (QED) is 0.838. The van der Waals surface area contributed by atoms with Gasteiger partial charge in [0.25, 0.3) is 0 Å². The Labute approximate surface area is 89.2 Å². The molecule has 0 fully saturated rings. The van der Waals surface area contributed by atoms with Crippen LogP contribution in [0.25, 0.3) is 0 Å². The van der Waals surface area contributed by atoms with Gasteiger partial charge in [0, 0.05) is 18.6 Å². The molecule has 0 saturated carbocycles. The van der Waals surface area contributed by atoms with Crippen LogP contribution in [0.2, 0.25) is 0 Å². The zero-order valence-corrected chi connectivity index (χ0v) is 8.52. The van der Waals surface area contributed by atoms with Crippen LogP contribution in [0.15, 0.2) is 47.9 Å². The number of rotatable bonds is 3. The lowest BCUT2D eigenvalue weighted by atomic mass is 10.5. The van der Waals surface area contributed by atoms with Crippen molar-refractivity contribution in [2.75, 3.05) is 4.72 Å². The average molecular weight is 220 g/mol. The summed E-state index contributed by atoms with van der Waals surface area (Å²) in [6.45, 7) is 0. The third-order valence-electron chi connectivity index (χ3n) is 1.58. The van der Waals surface area contributed by atoms with E-state index in [0.29, 0.717) is 11.0 Å². The number of hydrogen-bond donors (Lipinski definition) is 1. The summed E-state index contributed by atoms with van der Waals surface area (Å²) in [5, 5.41) is 0.449. The van der Waals surface area contributed by atoms with E-state index in [1.54, 1.807) is 42.9 Å². The molecule has 1 atom stereocenters. The van der Waals surface area contributed by atoms with Gasteiger partial charge in [-0.15, -0.1) is 0 Å². The number of nitrogens with one attached hydrogen (secondary N) is 1. The smallest absolute Gasteiger partial charge is 0.234 e. The Bertz CT molecular complexity index is 448. The largest absolute Gasteiger partial charge is 0.268 e. The van der Waals surface area contributed by atoms with Gasteiger partial charge in [-0.3, -0.25) is 4.72 Å². The molecule has 2 rings (SSSR count). The molecule has 0 aliphatic heterocycles. The summed E-state index contributed by atoms with van der Waals surface area (Å²) in [4.78, 5) is 11.8. The Morgan fingerprint density at radius 2 is 1.73 bits per heavy atom. The van der Waals surface area contributed by atoms with Crippen LogP contribution in [0.5, 0.6) is 0 Å². The minimum Gasteiger partial charge on any atom is -0.268 e. The molecule has 15 heavy (non-hydrogen) atoms. The molecule has 0 saturated heterocycles. The third-order valence-corrected chi connectivity index (χ3v) is 2.57. The van der Waals surface area contributed by atoms with Crippen molar-refractivity contribution < 1.29 is 4.21 Å². The predicted molar refractivity (Wildman–Crippen MR) is 56.3 cm³/mol. The van der Waals surface area contributed by atoms with Crippen molar-refractivity contribution in [3.8, 4) is 0 Å². The molecule has 0 spiro atoms. The first-order chi connectivity index (χ1) is 7.36. The molecule has 1 N–H and O–H groups in total. The highest BCUT2D eigenvalue weighted by atomic mass is 32.2. The Balaban J connectivity index is 2.12. The molecule has 2 heterocycles. The van der Waals surface area contributed by atoms with Gasteiger partial charge in [-0.05, 0) is 18.2 Å². The summed E-state index contributed by atoms with van der Waals surface area (Å²) in [5.41, 5.74) is 0. The fraction of sp³-hybridized carbons (Fsp3) is 0. The molecule has 2 aromatic rings. The zero-order chi connectivity index (χ0) is 10.5. The lowest BCUT2D eigenvalue weighted by molar-refractivity contribution is 0.683. The van der Waals surface area contributed by atoms with E-state index < -0.39 is 11.0 Å². The maximum atomic E-state index is 11.7. The summed E-state index contributed by atoms with van der Waals surface area (Å²) in [7, 11) is -1.42. The molecule has 5 nitrogen and oxygen atoms in total. The first-order valence-corrected chi connectivity index (χ1v) is 5.38. The number of nitrogens with zero attached hydrogens (tertiary/aromatic N) is 3. The minimum atomic E-state index is -1.42. The van der Waals surface area contributed by atoms with E-state index in [0.717, 1.165) is 0 Å². The van der Waals surface area contributed by atoms with Crippen LogP contribution >= 0.6 is 0 Å². The second-order valence-corrected chi connectivity index (χ2v) is 3.77. The van der Waals surface area contributed by atoms with E-state index in [2.05, 4.69) is 19.7 Å². The van der Waals surface area contributed by atoms with E-state index >= 15 is 0 Å². The van der Waals surface area contributed by atoms with Crippen LogP contribution in [0, 0.1) is 0 Å². The fourth-order valence-corrected chi connectivity index (χ4v) is 1.68. The summed E-state index contributed by atoms with van der Waals surface area (Å²) in [5.74, 6) is 0.321. The predicted octanol–water partition coefficient (Wildman–Crippen LogP) is 1.01. The van der Waals surface area contributed by atoms with Crippen molar-refractivity contribution in [1.82, 2.24) is 15.0 Å². The van der Waals surface area contributed by atoms with Crippen LogP contribution in [-0.2, 0) is 11.0 Å². The highest BCUT2D eigenvalue weighted by molar-refractivity contribution is 7.86. The third kappa shape index (κ3) is 2.57. The minimum absolute atomic E-state index is 0.321. The van der Waals surface area contributed by atoms with Crippen LogP contribution < -0.4 is 4.72 Å². The Morgan fingerprint density at radius 3 is 2.40 bits per heavy atom. The summed E-state index contributed by atoms with van der Waals surface area (Å²) in [6, 6.07) is 6.90. The second-order valence-electron chi connectivity index (χ2n) is 2.61. The van der Waals surface area contributed by atoms with Gasteiger partial charge in [0.2, 0.25) is 5.95 Å². The molecule has 6 heteroatoms. The van der Waals surface area contributed by atoms with Crippen LogP contribution in [0.4, 0.5) is 5.95 Å². The van der Waals surface area contributed by atoms with Gasteiger partial charge in [-0.2, -0.15) is 0 Å². The summed E-state index contributed by atoms with van der Waals surface area (Å²) < 4.78 is 14.3. The topological polar surface area (TPSA) is 67.8 Å². The fourth-order valence-electron chi connectivity index (χ4n) is 0.944. The first kappa shape index (κ1) is 9.72. The first-order valence-electron chi connectivity index (χ1n) is 4.23. The number of aromatic nitrogens is 3. The SMILES string of the molecule is O=S(Nc1ncccn1)c1ccccn1. The van der Waals surface area contributed by atoms with Crippen molar-refractivity contribution in [3.63, 3.8) is 0 Å². The van der Waals surface area contributed by atoms with Crippen molar-refractivity contribution in [2.24, 2.45) is 0 Å². The highest BCUT2D eigenvalue weighted by Gasteiger charge is 2.05. The molecular formula is C9H8N4OS. The van der Waals surface area contributed by atoms with Gasteiger partial charge >= 0.3 is 0 Å². The number of pyridine rings is 1. The highest BCUT2D eigenvalue weighted by Crippen LogP contribution is 2.04. The molecule has 0 aliphatic rings. The van der Waals surface area contributed by atoms with Crippen molar-refractivity contribution in [3.05, 3.63) is 42.9 Å². The molecular weight excluding hydrogens is 212 g/mol.